The molecule has 21 heavy (non-hydrogen) atoms. The Morgan fingerprint density at radius 3 is 2.62 bits per heavy atom. The van der Waals surface area contributed by atoms with Crippen LogP contribution in [-0.4, -0.2) is 23.6 Å². The van der Waals surface area contributed by atoms with Crippen molar-refractivity contribution < 1.29 is 9.84 Å². The molecule has 0 saturated heterocycles. The number of ether oxygens (including phenoxy) is 1. The summed E-state index contributed by atoms with van der Waals surface area (Å²) in [6.45, 7) is 0.889. The summed E-state index contributed by atoms with van der Waals surface area (Å²) in [7, 11) is 0. The number of aliphatic hydroxyl groups excluding tert-OH is 1. The highest BCUT2D eigenvalue weighted by Crippen LogP contribution is 2.18. The number of anilines is 1. The lowest BCUT2D eigenvalue weighted by molar-refractivity contribution is 0.211. The molecule has 0 aliphatic heterocycles. The van der Waals surface area contributed by atoms with Crippen LogP contribution in [0.15, 0.2) is 48.5 Å². The van der Waals surface area contributed by atoms with E-state index in [9.17, 15) is 5.11 Å². The van der Waals surface area contributed by atoms with Crippen molar-refractivity contribution in [2.45, 2.75) is 12.7 Å². The predicted octanol–water partition coefficient (Wildman–Crippen LogP) is 3.93. The molecule has 0 fully saturated rings. The van der Waals surface area contributed by atoms with Crippen molar-refractivity contribution >= 4 is 28.9 Å². The summed E-state index contributed by atoms with van der Waals surface area (Å²) in [4.78, 5) is 0. The van der Waals surface area contributed by atoms with Crippen LogP contribution in [0.2, 0.25) is 5.02 Å². The molecule has 2 aromatic carbocycles. The number of alkyl halides is 1. The molecule has 0 saturated carbocycles. The molecule has 1 atom stereocenters. The largest absolute Gasteiger partial charge is 0.489 e. The Bertz CT molecular complexity index is 560. The molecular weight excluding hydrogens is 309 g/mol. The van der Waals surface area contributed by atoms with E-state index in [1.54, 1.807) is 12.1 Å². The Kier molecular flexibility index (Phi) is 6.18. The van der Waals surface area contributed by atoms with E-state index in [-0.39, 0.29) is 5.88 Å². The topological polar surface area (TPSA) is 41.5 Å². The third kappa shape index (κ3) is 5.46. The third-order valence-electron chi connectivity index (χ3n) is 2.87. The van der Waals surface area contributed by atoms with Crippen LogP contribution >= 0.6 is 23.2 Å². The van der Waals surface area contributed by atoms with Gasteiger partial charge in [-0.15, -0.1) is 11.6 Å². The predicted molar refractivity (Wildman–Crippen MR) is 87.4 cm³/mol. The number of nitrogens with one attached hydrogen (secondary N) is 1. The second kappa shape index (κ2) is 8.13. The summed E-state index contributed by atoms with van der Waals surface area (Å²) in [5.41, 5.74) is 1.96. The maximum atomic E-state index is 9.43. The van der Waals surface area contributed by atoms with Crippen LogP contribution < -0.4 is 10.1 Å². The van der Waals surface area contributed by atoms with Gasteiger partial charge in [0, 0.05) is 17.3 Å². The van der Waals surface area contributed by atoms with Gasteiger partial charge >= 0.3 is 0 Å². The van der Waals surface area contributed by atoms with Gasteiger partial charge in [0.15, 0.2) is 0 Å². The van der Waals surface area contributed by atoms with Crippen molar-refractivity contribution in [3.8, 4) is 5.75 Å². The molecule has 112 valence electrons. The van der Waals surface area contributed by atoms with Gasteiger partial charge in [-0.2, -0.15) is 0 Å². The molecule has 5 heteroatoms. The molecule has 0 aromatic heterocycles. The summed E-state index contributed by atoms with van der Waals surface area (Å²) < 4.78 is 5.69. The van der Waals surface area contributed by atoms with E-state index < -0.39 is 6.10 Å². The highest BCUT2D eigenvalue weighted by atomic mass is 35.5. The molecule has 0 heterocycles. The zero-order valence-electron chi connectivity index (χ0n) is 11.4. The van der Waals surface area contributed by atoms with Gasteiger partial charge in [-0.25, -0.2) is 0 Å². The fourth-order valence-corrected chi connectivity index (χ4v) is 1.99. The fourth-order valence-electron chi connectivity index (χ4n) is 1.76. The number of benzene rings is 2. The van der Waals surface area contributed by atoms with Gasteiger partial charge in [0.2, 0.25) is 0 Å². The first-order valence-electron chi connectivity index (χ1n) is 6.62. The first-order chi connectivity index (χ1) is 10.2. The second-order valence-corrected chi connectivity index (χ2v) is 5.38. The van der Waals surface area contributed by atoms with Crippen LogP contribution in [0, 0.1) is 0 Å². The first kappa shape index (κ1) is 16.0. The minimum absolute atomic E-state index is 0.215. The van der Waals surface area contributed by atoms with Gasteiger partial charge in [-0.3, -0.25) is 0 Å². The van der Waals surface area contributed by atoms with E-state index >= 15 is 0 Å². The van der Waals surface area contributed by atoms with Gasteiger partial charge in [0.05, 0.1) is 12.0 Å². The summed E-state index contributed by atoms with van der Waals surface area (Å²) in [5, 5.41) is 13.3. The standard InChI is InChI=1S/C16H17Cl2NO2/c17-9-15(20)10-19-14-3-1-2-12(8-14)11-21-16-6-4-13(18)5-7-16/h1-8,15,19-20H,9-11H2. The SMILES string of the molecule is OC(CCl)CNc1cccc(COc2ccc(Cl)cc2)c1. The molecule has 3 nitrogen and oxygen atoms in total. The van der Waals surface area contributed by atoms with Crippen LogP contribution in [0.25, 0.3) is 0 Å². The number of aliphatic hydroxyl groups is 1. The summed E-state index contributed by atoms with van der Waals surface area (Å²) in [6, 6.07) is 15.1. The first-order valence-corrected chi connectivity index (χ1v) is 7.54. The van der Waals surface area contributed by atoms with E-state index in [1.807, 2.05) is 36.4 Å². The smallest absolute Gasteiger partial charge is 0.119 e. The molecule has 0 aliphatic rings. The van der Waals surface area contributed by atoms with E-state index in [0.717, 1.165) is 17.0 Å². The van der Waals surface area contributed by atoms with Crippen molar-refractivity contribution in [1.29, 1.82) is 0 Å². The van der Waals surface area contributed by atoms with Crippen molar-refractivity contribution in [2.24, 2.45) is 0 Å². The summed E-state index contributed by atoms with van der Waals surface area (Å²) in [6.07, 6.45) is -0.555. The monoisotopic (exact) mass is 325 g/mol. The highest BCUT2D eigenvalue weighted by Gasteiger charge is 2.02. The molecule has 0 bridgehead atoms. The van der Waals surface area contributed by atoms with Crippen LogP contribution in [0.3, 0.4) is 0 Å². The zero-order valence-corrected chi connectivity index (χ0v) is 12.9. The summed E-state index contributed by atoms with van der Waals surface area (Å²) >= 11 is 11.4. The van der Waals surface area contributed by atoms with Crippen molar-refractivity contribution in [2.75, 3.05) is 17.7 Å². The lowest BCUT2D eigenvalue weighted by Crippen LogP contribution is -2.20. The van der Waals surface area contributed by atoms with Gasteiger partial charge in [0.1, 0.15) is 12.4 Å². The minimum Gasteiger partial charge on any atom is -0.489 e. The Morgan fingerprint density at radius 1 is 1.14 bits per heavy atom. The quantitative estimate of drug-likeness (QED) is 0.758. The number of hydrogen-bond donors (Lipinski definition) is 2. The van der Waals surface area contributed by atoms with E-state index in [2.05, 4.69) is 5.32 Å². The van der Waals surface area contributed by atoms with Crippen molar-refractivity contribution in [3.63, 3.8) is 0 Å². The lowest BCUT2D eigenvalue weighted by Gasteiger charge is -2.12. The Labute approximate surface area is 134 Å². The van der Waals surface area contributed by atoms with Crippen molar-refractivity contribution in [1.82, 2.24) is 0 Å². The average molecular weight is 326 g/mol. The molecule has 2 aromatic rings. The number of hydrogen-bond acceptors (Lipinski definition) is 3. The molecular formula is C16H17Cl2NO2. The third-order valence-corrected chi connectivity index (χ3v) is 3.47. The molecule has 0 radical (unpaired) electrons. The maximum absolute atomic E-state index is 9.43. The van der Waals surface area contributed by atoms with Crippen LogP contribution in [0.5, 0.6) is 5.75 Å². The molecule has 0 amide bonds. The Hall–Kier alpha value is -1.42. The van der Waals surface area contributed by atoms with E-state index in [0.29, 0.717) is 18.2 Å². The fraction of sp³-hybridized carbons (Fsp3) is 0.250. The van der Waals surface area contributed by atoms with Crippen LogP contribution in [-0.2, 0) is 6.61 Å². The highest BCUT2D eigenvalue weighted by molar-refractivity contribution is 6.30. The normalized spacial score (nSPS) is 12.0. The van der Waals surface area contributed by atoms with Crippen molar-refractivity contribution in [3.05, 3.63) is 59.1 Å². The summed E-state index contributed by atoms with van der Waals surface area (Å²) in [5.74, 6) is 0.988. The molecule has 0 aliphatic carbocycles. The molecule has 2 rings (SSSR count). The van der Waals surface area contributed by atoms with Crippen LogP contribution in [0.4, 0.5) is 5.69 Å². The molecule has 2 N–H and O–H groups in total. The molecule has 1 unspecified atom stereocenters. The zero-order chi connectivity index (χ0) is 15.1. The average Bonchev–Trinajstić information content (AvgIpc) is 2.52. The van der Waals surface area contributed by atoms with E-state index in [1.165, 1.54) is 0 Å². The van der Waals surface area contributed by atoms with Gasteiger partial charge in [-0.1, -0.05) is 23.7 Å². The number of rotatable bonds is 7. The Balaban J connectivity index is 1.90. The number of halogens is 2. The molecule has 0 spiro atoms. The van der Waals surface area contributed by atoms with Crippen LogP contribution in [0.1, 0.15) is 5.56 Å². The van der Waals surface area contributed by atoms with Gasteiger partial charge in [0.25, 0.3) is 0 Å². The lowest BCUT2D eigenvalue weighted by atomic mass is 10.2. The van der Waals surface area contributed by atoms with E-state index in [4.69, 9.17) is 27.9 Å². The Morgan fingerprint density at radius 2 is 1.90 bits per heavy atom. The minimum atomic E-state index is -0.555. The second-order valence-electron chi connectivity index (χ2n) is 4.63. The van der Waals surface area contributed by atoms with Gasteiger partial charge in [-0.05, 0) is 42.0 Å². The van der Waals surface area contributed by atoms with Gasteiger partial charge < -0.3 is 15.2 Å². The maximum Gasteiger partial charge on any atom is 0.119 e.